The molecule has 0 saturated carbocycles. The highest BCUT2D eigenvalue weighted by molar-refractivity contribution is 6.04. The van der Waals surface area contributed by atoms with Crippen molar-refractivity contribution in [3.8, 4) is 0 Å². The van der Waals surface area contributed by atoms with E-state index in [2.05, 4.69) is 5.32 Å². The van der Waals surface area contributed by atoms with Crippen LogP contribution in [0.2, 0.25) is 0 Å². The van der Waals surface area contributed by atoms with Gasteiger partial charge >= 0.3 is 5.97 Å². The second kappa shape index (κ2) is 10.2. The molecule has 1 N–H and O–H groups in total. The third kappa shape index (κ3) is 5.64. The van der Waals surface area contributed by atoms with Crippen molar-refractivity contribution >= 4 is 23.5 Å². The zero-order valence-corrected chi connectivity index (χ0v) is 15.9. The third-order valence-electron chi connectivity index (χ3n) is 4.05. The normalized spacial score (nSPS) is 10.2. The Bertz CT molecular complexity index is 854. The number of hydrogen-bond donors (Lipinski definition) is 1. The van der Waals surface area contributed by atoms with Crippen LogP contribution in [0.4, 0.5) is 10.1 Å². The van der Waals surface area contributed by atoms with Crippen molar-refractivity contribution in [2.45, 2.75) is 20.3 Å². The highest BCUT2D eigenvalue weighted by Gasteiger charge is 2.22. The van der Waals surface area contributed by atoms with Gasteiger partial charge in [0.15, 0.2) is 0 Å². The molecule has 148 valence electrons. The molecule has 6 nitrogen and oxygen atoms in total. The van der Waals surface area contributed by atoms with Crippen LogP contribution in [0.25, 0.3) is 0 Å². The summed E-state index contributed by atoms with van der Waals surface area (Å²) in [6.45, 7) is 3.17. The molecule has 0 fully saturated rings. The summed E-state index contributed by atoms with van der Waals surface area (Å²) < 4.78 is 18.6. The number of para-hydroxylation sites is 1. The number of ether oxygens (including phenoxy) is 1. The Morgan fingerprint density at radius 2 is 1.75 bits per heavy atom. The Labute approximate surface area is 163 Å². The number of rotatable bonds is 8. The number of nitrogens with one attached hydrogen (secondary N) is 1. The van der Waals surface area contributed by atoms with Gasteiger partial charge in [-0.15, -0.1) is 0 Å². The topological polar surface area (TPSA) is 75.7 Å². The first-order valence-corrected chi connectivity index (χ1v) is 8.98. The van der Waals surface area contributed by atoms with Crippen molar-refractivity contribution in [1.29, 1.82) is 0 Å². The minimum Gasteiger partial charge on any atom is -0.462 e. The Balaban J connectivity index is 2.05. The standard InChI is InChI=1S/C21H23FN2O4/c1-3-28-21(27)17-9-5-7-11-19(17)24(15(2)25)14-20(26)23-13-12-16-8-4-6-10-18(16)22/h4-11H,3,12-14H2,1-2H3,(H,23,26). The van der Waals surface area contributed by atoms with E-state index in [0.717, 1.165) is 0 Å². The number of benzene rings is 2. The molecule has 0 unspecified atom stereocenters. The smallest absolute Gasteiger partial charge is 0.340 e. The van der Waals surface area contributed by atoms with Gasteiger partial charge in [0.05, 0.1) is 17.9 Å². The van der Waals surface area contributed by atoms with E-state index in [9.17, 15) is 18.8 Å². The molecule has 2 rings (SSSR count). The van der Waals surface area contributed by atoms with Gasteiger partial charge in [-0.3, -0.25) is 9.59 Å². The van der Waals surface area contributed by atoms with Crippen molar-refractivity contribution in [1.82, 2.24) is 5.32 Å². The van der Waals surface area contributed by atoms with E-state index in [-0.39, 0.29) is 37.0 Å². The van der Waals surface area contributed by atoms with Crippen molar-refractivity contribution in [3.63, 3.8) is 0 Å². The van der Waals surface area contributed by atoms with Crippen LogP contribution in [0.1, 0.15) is 29.8 Å². The molecule has 0 aliphatic carbocycles. The predicted molar refractivity (Wildman–Crippen MR) is 104 cm³/mol. The van der Waals surface area contributed by atoms with Crippen molar-refractivity contribution < 1.29 is 23.5 Å². The van der Waals surface area contributed by atoms with Crippen LogP contribution in [0.5, 0.6) is 0 Å². The molecule has 2 aromatic rings. The van der Waals surface area contributed by atoms with Crippen LogP contribution in [0.15, 0.2) is 48.5 Å². The minimum absolute atomic E-state index is 0.198. The van der Waals surface area contributed by atoms with E-state index in [1.54, 1.807) is 49.4 Å². The van der Waals surface area contributed by atoms with Gasteiger partial charge < -0.3 is 15.0 Å². The summed E-state index contributed by atoms with van der Waals surface area (Å²) >= 11 is 0. The Hall–Kier alpha value is -3.22. The van der Waals surface area contributed by atoms with E-state index >= 15 is 0 Å². The minimum atomic E-state index is -0.565. The number of nitrogens with zero attached hydrogens (tertiary/aromatic N) is 1. The van der Waals surface area contributed by atoms with Gasteiger partial charge in [0.1, 0.15) is 12.4 Å². The van der Waals surface area contributed by atoms with Crippen molar-refractivity contribution in [2.24, 2.45) is 0 Å². The van der Waals surface area contributed by atoms with E-state index in [1.165, 1.54) is 17.9 Å². The predicted octanol–water partition coefficient (Wildman–Crippen LogP) is 2.71. The van der Waals surface area contributed by atoms with Gasteiger partial charge in [-0.25, -0.2) is 9.18 Å². The average Bonchev–Trinajstić information content (AvgIpc) is 2.67. The van der Waals surface area contributed by atoms with Crippen molar-refractivity contribution in [3.05, 3.63) is 65.5 Å². The summed E-state index contributed by atoms with van der Waals surface area (Å²) in [5, 5.41) is 2.67. The van der Waals surface area contributed by atoms with E-state index in [1.807, 2.05) is 0 Å². The lowest BCUT2D eigenvalue weighted by molar-refractivity contribution is -0.123. The zero-order valence-electron chi connectivity index (χ0n) is 15.9. The molecule has 0 aliphatic heterocycles. The highest BCUT2D eigenvalue weighted by atomic mass is 19.1. The number of carbonyl (C=O) groups is 3. The molecule has 0 spiro atoms. The number of anilines is 1. The van der Waals surface area contributed by atoms with Gasteiger partial charge in [-0.1, -0.05) is 30.3 Å². The van der Waals surface area contributed by atoms with Crippen LogP contribution in [0, 0.1) is 5.82 Å². The summed E-state index contributed by atoms with van der Waals surface area (Å²) in [4.78, 5) is 37.8. The maximum absolute atomic E-state index is 13.6. The number of amides is 2. The van der Waals surface area contributed by atoms with E-state index < -0.39 is 11.9 Å². The van der Waals surface area contributed by atoms with Crippen LogP contribution in [-0.2, 0) is 20.7 Å². The van der Waals surface area contributed by atoms with Crippen LogP contribution in [0.3, 0.4) is 0 Å². The molecular formula is C21H23FN2O4. The zero-order chi connectivity index (χ0) is 20.5. The monoisotopic (exact) mass is 386 g/mol. The SMILES string of the molecule is CCOC(=O)c1ccccc1N(CC(=O)NCCc1ccccc1F)C(C)=O. The number of carbonyl (C=O) groups excluding carboxylic acids is 3. The Morgan fingerprint density at radius 1 is 1.07 bits per heavy atom. The van der Waals surface area contributed by atoms with E-state index in [4.69, 9.17) is 4.74 Å². The second-order valence-electron chi connectivity index (χ2n) is 6.03. The molecule has 2 amide bonds. The molecular weight excluding hydrogens is 363 g/mol. The molecule has 0 saturated heterocycles. The van der Waals surface area contributed by atoms with Gasteiger partial charge in [-0.05, 0) is 37.1 Å². The molecule has 0 bridgehead atoms. The van der Waals surface area contributed by atoms with Crippen LogP contribution >= 0.6 is 0 Å². The molecule has 0 radical (unpaired) electrons. The van der Waals surface area contributed by atoms with Gasteiger partial charge in [-0.2, -0.15) is 0 Å². The fraction of sp³-hybridized carbons (Fsp3) is 0.286. The molecule has 2 aromatic carbocycles. The lowest BCUT2D eigenvalue weighted by Gasteiger charge is -2.23. The summed E-state index contributed by atoms with van der Waals surface area (Å²) in [6, 6.07) is 12.8. The van der Waals surface area contributed by atoms with Crippen molar-refractivity contribution in [2.75, 3.05) is 24.6 Å². The number of esters is 1. The Morgan fingerprint density at radius 3 is 2.43 bits per heavy atom. The fourth-order valence-electron chi connectivity index (χ4n) is 2.69. The average molecular weight is 386 g/mol. The molecule has 0 aromatic heterocycles. The van der Waals surface area contributed by atoms with Gasteiger partial charge in [0.25, 0.3) is 0 Å². The summed E-state index contributed by atoms with van der Waals surface area (Å²) in [6.07, 6.45) is 0.331. The summed E-state index contributed by atoms with van der Waals surface area (Å²) in [5.74, 6) is -1.69. The summed E-state index contributed by atoms with van der Waals surface area (Å²) in [5.41, 5.74) is 1.01. The second-order valence-corrected chi connectivity index (χ2v) is 6.03. The lowest BCUT2D eigenvalue weighted by atomic mass is 10.1. The quantitative estimate of drug-likeness (QED) is 0.708. The molecule has 0 heterocycles. The van der Waals surface area contributed by atoms with Crippen LogP contribution in [-0.4, -0.2) is 37.5 Å². The fourth-order valence-corrected chi connectivity index (χ4v) is 2.69. The molecule has 7 heteroatoms. The first-order chi connectivity index (χ1) is 13.4. The molecule has 0 aliphatic rings. The Kier molecular flexibility index (Phi) is 7.68. The number of halogens is 1. The maximum Gasteiger partial charge on any atom is 0.340 e. The van der Waals surface area contributed by atoms with Gasteiger partial charge in [0, 0.05) is 13.5 Å². The van der Waals surface area contributed by atoms with Crippen LogP contribution < -0.4 is 10.2 Å². The maximum atomic E-state index is 13.6. The third-order valence-corrected chi connectivity index (χ3v) is 4.05. The highest BCUT2D eigenvalue weighted by Crippen LogP contribution is 2.21. The first-order valence-electron chi connectivity index (χ1n) is 8.98. The largest absolute Gasteiger partial charge is 0.462 e. The first kappa shape index (κ1) is 21.1. The number of hydrogen-bond acceptors (Lipinski definition) is 4. The van der Waals surface area contributed by atoms with Gasteiger partial charge in [0.2, 0.25) is 11.8 Å². The van der Waals surface area contributed by atoms with E-state index in [0.29, 0.717) is 17.7 Å². The summed E-state index contributed by atoms with van der Waals surface area (Å²) in [7, 11) is 0. The lowest BCUT2D eigenvalue weighted by Crippen LogP contribution is -2.41. The molecule has 0 atom stereocenters. The molecule has 28 heavy (non-hydrogen) atoms.